The Morgan fingerprint density at radius 2 is 1.89 bits per heavy atom. The second-order valence-electron chi connectivity index (χ2n) is 8.07. The molecule has 146 valence electrons. The molecule has 1 aliphatic carbocycles. The van der Waals surface area contributed by atoms with Gasteiger partial charge in [-0.25, -0.2) is 4.98 Å². The molecule has 3 N–H and O–H groups in total. The van der Waals surface area contributed by atoms with Crippen molar-refractivity contribution in [3.8, 4) is 0 Å². The molecule has 2 aliphatic heterocycles. The van der Waals surface area contributed by atoms with Gasteiger partial charge in [0.05, 0.1) is 11.5 Å². The fraction of sp³-hybridized carbons (Fsp3) is 0.650. The van der Waals surface area contributed by atoms with Crippen LogP contribution >= 0.6 is 0 Å². The Hall–Kier alpha value is -2.15. The molecule has 3 heterocycles. The van der Waals surface area contributed by atoms with E-state index in [1.807, 2.05) is 0 Å². The number of nitrogens with zero attached hydrogens (tertiary/aromatic N) is 3. The fourth-order valence-corrected chi connectivity index (χ4v) is 4.38. The van der Waals surface area contributed by atoms with Gasteiger partial charge < -0.3 is 16.0 Å². The molecule has 1 atom stereocenters. The zero-order valence-electron chi connectivity index (χ0n) is 15.8. The van der Waals surface area contributed by atoms with E-state index in [-0.39, 0.29) is 11.8 Å². The van der Waals surface area contributed by atoms with Crippen molar-refractivity contribution in [1.29, 1.82) is 0 Å². The van der Waals surface area contributed by atoms with Gasteiger partial charge in [0.1, 0.15) is 5.82 Å². The van der Waals surface area contributed by atoms with Gasteiger partial charge in [0.25, 0.3) is 5.91 Å². The van der Waals surface area contributed by atoms with Crippen molar-refractivity contribution in [1.82, 2.24) is 15.2 Å². The third kappa shape index (κ3) is 4.24. The molecule has 27 heavy (non-hydrogen) atoms. The maximum Gasteiger partial charge on any atom is 0.252 e. The number of hydrogen-bond acceptors (Lipinski definition) is 5. The molecule has 3 fully saturated rings. The number of carbonyl (C=O) groups is 2. The lowest BCUT2D eigenvalue weighted by Gasteiger charge is -2.42. The lowest BCUT2D eigenvalue weighted by molar-refractivity contribution is -0.127. The van der Waals surface area contributed by atoms with Gasteiger partial charge in [-0.15, -0.1) is 0 Å². The van der Waals surface area contributed by atoms with Crippen LogP contribution in [0.3, 0.4) is 0 Å². The van der Waals surface area contributed by atoms with Crippen molar-refractivity contribution in [3.63, 3.8) is 0 Å². The van der Waals surface area contributed by atoms with Crippen molar-refractivity contribution in [3.05, 3.63) is 23.9 Å². The van der Waals surface area contributed by atoms with Crippen LogP contribution in [0.1, 0.15) is 48.9 Å². The number of piperidine rings is 2. The first-order valence-electron chi connectivity index (χ1n) is 10.2. The number of anilines is 1. The van der Waals surface area contributed by atoms with Crippen molar-refractivity contribution in [2.75, 3.05) is 31.1 Å². The lowest BCUT2D eigenvalue weighted by Crippen LogP contribution is -2.51. The molecule has 0 radical (unpaired) electrons. The summed E-state index contributed by atoms with van der Waals surface area (Å²) in [6.07, 6.45) is 8.13. The van der Waals surface area contributed by atoms with E-state index in [1.54, 1.807) is 18.3 Å². The third-order valence-corrected chi connectivity index (χ3v) is 6.08. The first kappa shape index (κ1) is 18.2. The highest BCUT2D eigenvalue weighted by Crippen LogP contribution is 2.28. The highest BCUT2D eigenvalue weighted by molar-refractivity contribution is 5.97. The average Bonchev–Trinajstić information content (AvgIpc) is 3.52. The number of carbonyl (C=O) groups excluding carboxylic acids is 2. The maximum absolute atomic E-state index is 12.4. The van der Waals surface area contributed by atoms with Crippen LogP contribution in [-0.4, -0.2) is 60.0 Å². The van der Waals surface area contributed by atoms with Crippen molar-refractivity contribution < 1.29 is 9.59 Å². The van der Waals surface area contributed by atoms with Crippen LogP contribution in [-0.2, 0) is 4.79 Å². The molecule has 0 bridgehead atoms. The molecule has 0 spiro atoms. The molecule has 0 aromatic carbocycles. The van der Waals surface area contributed by atoms with E-state index in [1.165, 1.54) is 0 Å². The summed E-state index contributed by atoms with van der Waals surface area (Å²) < 4.78 is 0. The Morgan fingerprint density at radius 3 is 2.59 bits per heavy atom. The first-order chi connectivity index (χ1) is 13.1. The molecule has 1 saturated carbocycles. The number of aromatic nitrogens is 1. The zero-order chi connectivity index (χ0) is 18.8. The number of nitrogens with one attached hydrogen (secondary N) is 1. The van der Waals surface area contributed by atoms with Gasteiger partial charge in [0.15, 0.2) is 0 Å². The Bertz CT molecular complexity index is 697. The van der Waals surface area contributed by atoms with E-state index >= 15 is 0 Å². The number of rotatable bonds is 5. The van der Waals surface area contributed by atoms with Gasteiger partial charge in [-0.3, -0.25) is 14.5 Å². The Morgan fingerprint density at radius 1 is 1.11 bits per heavy atom. The van der Waals surface area contributed by atoms with E-state index in [4.69, 9.17) is 5.73 Å². The molecular formula is C20H29N5O2. The van der Waals surface area contributed by atoms with Crippen molar-refractivity contribution >= 4 is 17.6 Å². The van der Waals surface area contributed by atoms with E-state index in [0.717, 1.165) is 64.7 Å². The molecule has 3 aliphatic rings. The maximum atomic E-state index is 12.4. The van der Waals surface area contributed by atoms with Crippen LogP contribution in [0, 0.1) is 5.92 Å². The van der Waals surface area contributed by atoms with E-state index in [9.17, 15) is 9.59 Å². The number of likely N-dealkylation sites (tertiary alicyclic amines) is 1. The standard InChI is InChI=1S/C20H29N5O2/c21-18(26)17-4-1-9-22-19(17)24-11-7-16(8-12-24)25-10-2-3-14(13-25)20(27)23-15-5-6-15/h1,4,9,14-16H,2-3,5-8,10-13H2,(H2,21,26)(H,23,27). The molecule has 2 amide bonds. The summed E-state index contributed by atoms with van der Waals surface area (Å²) in [7, 11) is 0. The average molecular weight is 371 g/mol. The fourth-order valence-electron chi connectivity index (χ4n) is 4.38. The van der Waals surface area contributed by atoms with Gasteiger partial charge in [-0.05, 0) is 57.2 Å². The van der Waals surface area contributed by atoms with Crippen LogP contribution in [0.4, 0.5) is 5.82 Å². The molecule has 4 rings (SSSR count). The summed E-state index contributed by atoms with van der Waals surface area (Å²) >= 11 is 0. The normalized spacial score (nSPS) is 24.6. The quantitative estimate of drug-likeness (QED) is 0.810. The molecule has 7 nitrogen and oxygen atoms in total. The summed E-state index contributed by atoms with van der Waals surface area (Å²) in [5.74, 6) is 0.651. The second-order valence-corrected chi connectivity index (χ2v) is 8.07. The monoisotopic (exact) mass is 371 g/mol. The number of pyridine rings is 1. The first-order valence-corrected chi connectivity index (χ1v) is 10.2. The number of hydrogen-bond donors (Lipinski definition) is 2. The van der Waals surface area contributed by atoms with Gasteiger partial charge in [0, 0.05) is 37.9 Å². The minimum Gasteiger partial charge on any atom is -0.365 e. The van der Waals surface area contributed by atoms with Crippen molar-refractivity contribution in [2.45, 2.75) is 50.6 Å². The van der Waals surface area contributed by atoms with Gasteiger partial charge in [-0.2, -0.15) is 0 Å². The molecule has 1 aromatic heterocycles. The third-order valence-electron chi connectivity index (χ3n) is 6.08. The number of amides is 2. The van der Waals surface area contributed by atoms with Crippen LogP contribution in [0.25, 0.3) is 0 Å². The predicted octanol–water partition coefficient (Wildman–Crippen LogP) is 1.14. The Labute approximate surface area is 160 Å². The smallest absolute Gasteiger partial charge is 0.252 e. The van der Waals surface area contributed by atoms with Gasteiger partial charge >= 0.3 is 0 Å². The van der Waals surface area contributed by atoms with E-state index < -0.39 is 5.91 Å². The second kappa shape index (κ2) is 7.84. The summed E-state index contributed by atoms with van der Waals surface area (Å²) in [5, 5.41) is 3.17. The zero-order valence-corrected chi connectivity index (χ0v) is 15.8. The summed E-state index contributed by atoms with van der Waals surface area (Å²) in [6, 6.07) is 4.42. The molecule has 2 saturated heterocycles. The molecule has 7 heteroatoms. The van der Waals surface area contributed by atoms with Crippen LogP contribution in [0.5, 0.6) is 0 Å². The van der Waals surface area contributed by atoms with Crippen molar-refractivity contribution in [2.24, 2.45) is 11.7 Å². The Balaban J connectivity index is 1.33. The summed E-state index contributed by atoms with van der Waals surface area (Å²) in [6.45, 7) is 3.67. The number of nitrogens with two attached hydrogens (primary N) is 1. The van der Waals surface area contributed by atoms with Gasteiger partial charge in [0.2, 0.25) is 5.91 Å². The lowest BCUT2D eigenvalue weighted by atomic mass is 9.93. The minimum atomic E-state index is -0.430. The highest BCUT2D eigenvalue weighted by Gasteiger charge is 2.34. The minimum absolute atomic E-state index is 0.134. The predicted molar refractivity (Wildman–Crippen MR) is 103 cm³/mol. The SMILES string of the molecule is NC(=O)c1cccnc1N1CCC(N2CCCC(C(=O)NC3CC3)C2)CC1. The van der Waals surface area contributed by atoms with E-state index in [2.05, 4.69) is 20.1 Å². The largest absolute Gasteiger partial charge is 0.365 e. The van der Waals surface area contributed by atoms with Gasteiger partial charge in [-0.1, -0.05) is 0 Å². The topological polar surface area (TPSA) is 91.6 Å². The molecule has 1 aromatic rings. The van der Waals surface area contributed by atoms with Crippen LogP contribution in [0.2, 0.25) is 0 Å². The highest BCUT2D eigenvalue weighted by atomic mass is 16.2. The molecule has 1 unspecified atom stereocenters. The Kier molecular flexibility index (Phi) is 5.29. The molecular weight excluding hydrogens is 342 g/mol. The van der Waals surface area contributed by atoms with Crippen LogP contribution < -0.4 is 16.0 Å². The summed E-state index contributed by atoms with van der Waals surface area (Å²) in [4.78, 5) is 33.1. The number of primary amides is 1. The van der Waals surface area contributed by atoms with Crippen LogP contribution in [0.15, 0.2) is 18.3 Å². The van der Waals surface area contributed by atoms with E-state index in [0.29, 0.717) is 23.5 Å². The summed E-state index contributed by atoms with van der Waals surface area (Å²) in [5.41, 5.74) is 5.99.